The molecule has 0 radical (unpaired) electrons. The van der Waals surface area contributed by atoms with E-state index in [1.807, 2.05) is 0 Å². The molecule has 7 heteroatoms. The molecule has 122 valence electrons. The standard InChI is InChI=1S/C17H13ClFN3O2/c18-11-5-6-12-15(9-11)20-10-22(17(12)24)8-7-16(23)21-14-4-2-1-3-13(14)19/h1-6,9-10H,7-8H2,(H,21,23). The molecule has 0 saturated carbocycles. The van der Waals surface area contributed by atoms with Crippen LogP contribution in [0.4, 0.5) is 10.1 Å². The van der Waals surface area contributed by atoms with E-state index < -0.39 is 5.82 Å². The van der Waals surface area contributed by atoms with Gasteiger partial charge in [0.05, 0.1) is 22.9 Å². The van der Waals surface area contributed by atoms with Crippen LogP contribution < -0.4 is 10.9 Å². The molecule has 24 heavy (non-hydrogen) atoms. The number of rotatable bonds is 4. The number of carbonyl (C=O) groups is 1. The Morgan fingerprint density at radius 1 is 1.25 bits per heavy atom. The number of anilines is 1. The lowest BCUT2D eigenvalue weighted by Crippen LogP contribution is -2.23. The Labute approximate surface area is 141 Å². The van der Waals surface area contributed by atoms with Gasteiger partial charge in [-0.1, -0.05) is 23.7 Å². The molecule has 0 saturated heterocycles. The summed E-state index contributed by atoms with van der Waals surface area (Å²) in [7, 11) is 0. The van der Waals surface area contributed by atoms with E-state index in [1.165, 1.54) is 29.1 Å². The number of carbonyl (C=O) groups excluding carboxylic acids is 1. The van der Waals surface area contributed by atoms with Crippen molar-refractivity contribution in [2.75, 3.05) is 5.32 Å². The molecule has 0 bridgehead atoms. The van der Waals surface area contributed by atoms with E-state index in [9.17, 15) is 14.0 Å². The lowest BCUT2D eigenvalue weighted by molar-refractivity contribution is -0.116. The minimum Gasteiger partial charge on any atom is -0.324 e. The summed E-state index contributed by atoms with van der Waals surface area (Å²) in [5.74, 6) is -0.893. The predicted molar refractivity (Wildman–Crippen MR) is 90.7 cm³/mol. The average Bonchev–Trinajstić information content (AvgIpc) is 2.56. The molecular formula is C17H13ClFN3O2. The largest absolute Gasteiger partial charge is 0.324 e. The first-order chi connectivity index (χ1) is 11.5. The summed E-state index contributed by atoms with van der Waals surface area (Å²) in [5.41, 5.74) is 0.357. The second-order valence-electron chi connectivity index (χ2n) is 5.18. The maximum atomic E-state index is 13.5. The first-order valence-electron chi connectivity index (χ1n) is 7.23. The number of fused-ring (bicyclic) bond motifs is 1. The summed E-state index contributed by atoms with van der Waals surface area (Å²) in [4.78, 5) is 28.4. The molecule has 1 N–H and O–H groups in total. The maximum Gasteiger partial charge on any atom is 0.261 e. The van der Waals surface area contributed by atoms with Crippen molar-refractivity contribution >= 4 is 34.1 Å². The van der Waals surface area contributed by atoms with Crippen molar-refractivity contribution < 1.29 is 9.18 Å². The van der Waals surface area contributed by atoms with Crippen LogP contribution in [-0.2, 0) is 11.3 Å². The third kappa shape index (κ3) is 3.44. The molecule has 0 unspecified atom stereocenters. The molecule has 1 aromatic heterocycles. The Kier molecular flexibility index (Phi) is 4.57. The van der Waals surface area contributed by atoms with Crippen LogP contribution in [-0.4, -0.2) is 15.5 Å². The predicted octanol–water partition coefficient (Wildman–Crippen LogP) is 3.22. The normalized spacial score (nSPS) is 10.8. The smallest absolute Gasteiger partial charge is 0.261 e. The number of nitrogens with zero attached hydrogens (tertiary/aromatic N) is 2. The number of aryl methyl sites for hydroxylation is 1. The number of para-hydroxylation sites is 1. The van der Waals surface area contributed by atoms with Crippen molar-refractivity contribution in [3.63, 3.8) is 0 Å². The van der Waals surface area contributed by atoms with Gasteiger partial charge in [-0.15, -0.1) is 0 Å². The monoisotopic (exact) mass is 345 g/mol. The van der Waals surface area contributed by atoms with E-state index in [1.54, 1.807) is 24.3 Å². The van der Waals surface area contributed by atoms with Crippen LogP contribution >= 0.6 is 11.6 Å². The number of hydrogen-bond donors (Lipinski definition) is 1. The van der Waals surface area contributed by atoms with Crippen molar-refractivity contribution in [2.45, 2.75) is 13.0 Å². The Balaban J connectivity index is 1.73. The van der Waals surface area contributed by atoms with E-state index >= 15 is 0 Å². The van der Waals surface area contributed by atoms with Gasteiger partial charge >= 0.3 is 0 Å². The molecule has 1 heterocycles. The van der Waals surface area contributed by atoms with Crippen LogP contribution in [0.1, 0.15) is 6.42 Å². The summed E-state index contributed by atoms with van der Waals surface area (Å²) in [5, 5.41) is 3.40. The fourth-order valence-electron chi connectivity index (χ4n) is 2.29. The molecule has 0 aliphatic rings. The summed E-state index contributed by atoms with van der Waals surface area (Å²) in [6.45, 7) is 0.144. The summed E-state index contributed by atoms with van der Waals surface area (Å²) >= 11 is 5.87. The third-order valence-electron chi connectivity index (χ3n) is 3.51. The highest BCUT2D eigenvalue weighted by atomic mass is 35.5. The quantitative estimate of drug-likeness (QED) is 0.789. The fraction of sp³-hybridized carbons (Fsp3) is 0.118. The lowest BCUT2D eigenvalue weighted by atomic mass is 10.2. The van der Waals surface area contributed by atoms with Crippen LogP contribution in [0.25, 0.3) is 10.9 Å². The third-order valence-corrected chi connectivity index (χ3v) is 3.75. The molecule has 3 aromatic rings. The molecular weight excluding hydrogens is 333 g/mol. The molecule has 0 fully saturated rings. The van der Waals surface area contributed by atoms with E-state index in [2.05, 4.69) is 10.3 Å². The highest BCUT2D eigenvalue weighted by Crippen LogP contribution is 2.15. The zero-order chi connectivity index (χ0) is 17.1. The van der Waals surface area contributed by atoms with Gasteiger partial charge in [0.15, 0.2) is 0 Å². The second kappa shape index (κ2) is 6.80. The number of nitrogens with one attached hydrogen (secondary N) is 1. The molecule has 2 aromatic carbocycles. The van der Waals surface area contributed by atoms with Crippen molar-refractivity contribution in [3.05, 3.63) is 70.0 Å². The van der Waals surface area contributed by atoms with E-state index in [4.69, 9.17) is 11.6 Å². The average molecular weight is 346 g/mol. The van der Waals surface area contributed by atoms with Crippen molar-refractivity contribution in [1.29, 1.82) is 0 Å². The first kappa shape index (κ1) is 16.1. The van der Waals surface area contributed by atoms with E-state index in [0.717, 1.165) is 0 Å². The minimum absolute atomic E-state index is 0.0228. The molecule has 5 nitrogen and oxygen atoms in total. The number of amides is 1. The van der Waals surface area contributed by atoms with Gasteiger partial charge < -0.3 is 5.32 Å². The highest BCUT2D eigenvalue weighted by Gasteiger charge is 2.09. The van der Waals surface area contributed by atoms with Gasteiger partial charge in [-0.25, -0.2) is 9.37 Å². The number of halogens is 2. The van der Waals surface area contributed by atoms with Crippen LogP contribution in [0.3, 0.4) is 0 Å². The number of hydrogen-bond acceptors (Lipinski definition) is 3. The second-order valence-corrected chi connectivity index (χ2v) is 5.62. The van der Waals surface area contributed by atoms with Crippen molar-refractivity contribution in [2.24, 2.45) is 0 Å². The van der Waals surface area contributed by atoms with Gasteiger partial charge in [-0.2, -0.15) is 0 Å². The maximum absolute atomic E-state index is 13.5. The Hall–Kier alpha value is -2.73. The van der Waals surface area contributed by atoms with E-state index in [0.29, 0.717) is 15.9 Å². The van der Waals surface area contributed by atoms with E-state index in [-0.39, 0.29) is 30.1 Å². The van der Waals surface area contributed by atoms with Gasteiger partial charge in [-0.05, 0) is 30.3 Å². The van der Waals surface area contributed by atoms with Crippen LogP contribution in [0.5, 0.6) is 0 Å². The Morgan fingerprint density at radius 3 is 2.83 bits per heavy atom. The zero-order valence-electron chi connectivity index (χ0n) is 12.5. The van der Waals surface area contributed by atoms with Crippen LogP contribution in [0.15, 0.2) is 53.6 Å². The highest BCUT2D eigenvalue weighted by molar-refractivity contribution is 6.31. The molecule has 0 aliphatic heterocycles. The van der Waals surface area contributed by atoms with Gasteiger partial charge in [0.1, 0.15) is 5.82 Å². The van der Waals surface area contributed by atoms with Gasteiger partial charge in [0.25, 0.3) is 5.56 Å². The molecule has 0 atom stereocenters. The summed E-state index contributed by atoms with van der Waals surface area (Å²) in [6, 6.07) is 10.7. The Morgan fingerprint density at radius 2 is 2.04 bits per heavy atom. The number of benzene rings is 2. The molecule has 3 rings (SSSR count). The Bertz CT molecular complexity index is 971. The van der Waals surface area contributed by atoms with Crippen molar-refractivity contribution in [3.8, 4) is 0 Å². The van der Waals surface area contributed by atoms with Gasteiger partial charge in [0.2, 0.25) is 5.91 Å². The van der Waals surface area contributed by atoms with Crippen LogP contribution in [0, 0.1) is 5.82 Å². The topological polar surface area (TPSA) is 64.0 Å². The molecule has 1 amide bonds. The summed E-state index contributed by atoms with van der Waals surface area (Å²) in [6.07, 6.45) is 1.40. The molecule has 0 spiro atoms. The lowest BCUT2D eigenvalue weighted by Gasteiger charge is -2.08. The SMILES string of the molecule is O=C(CCn1cnc2cc(Cl)ccc2c1=O)Nc1ccccc1F. The van der Waals surface area contributed by atoms with Crippen LogP contribution in [0.2, 0.25) is 5.02 Å². The van der Waals surface area contributed by atoms with Crippen molar-refractivity contribution in [1.82, 2.24) is 9.55 Å². The summed E-state index contributed by atoms with van der Waals surface area (Å²) < 4.78 is 14.8. The van der Waals surface area contributed by atoms with Gasteiger partial charge in [0, 0.05) is 18.0 Å². The molecule has 0 aliphatic carbocycles. The zero-order valence-corrected chi connectivity index (χ0v) is 13.3. The minimum atomic E-state index is -0.507. The first-order valence-corrected chi connectivity index (χ1v) is 7.61. The van der Waals surface area contributed by atoms with Gasteiger partial charge in [-0.3, -0.25) is 14.2 Å². The number of aromatic nitrogens is 2. The fourth-order valence-corrected chi connectivity index (χ4v) is 2.45.